The molecule has 0 atom stereocenters. The summed E-state index contributed by atoms with van der Waals surface area (Å²) in [6.07, 6.45) is 5.24. The Morgan fingerprint density at radius 1 is 0.947 bits per heavy atom. The molecule has 1 aliphatic heterocycles. The lowest BCUT2D eigenvalue weighted by Gasteiger charge is -2.20. The zero-order valence-electron chi connectivity index (χ0n) is 20.4. The summed E-state index contributed by atoms with van der Waals surface area (Å²) in [5, 5.41) is 28.2. The number of anilines is 1. The molecule has 1 amide bonds. The van der Waals surface area contributed by atoms with E-state index in [9.17, 15) is 28.2 Å². The normalized spacial score (nSPS) is 14.3. The summed E-state index contributed by atoms with van der Waals surface area (Å²) in [5.74, 6) is -1.85. The third kappa shape index (κ3) is 6.71. The van der Waals surface area contributed by atoms with Crippen LogP contribution in [0.1, 0.15) is 41.6 Å². The first-order valence-corrected chi connectivity index (χ1v) is 13.5. The number of phenols is 1. The maximum Gasteiger partial charge on any atom is 0.339 e. The first-order chi connectivity index (χ1) is 18.2. The smallest absolute Gasteiger partial charge is 0.339 e. The molecule has 198 valence electrons. The number of carboxylic acid groups (broad SMARTS) is 1. The van der Waals surface area contributed by atoms with Gasteiger partial charge in [0.2, 0.25) is 5.91 Å². The summed E-state index contributed by atoms with van der Waals surface area (Å²) in [6.45, 7) is 1.27. The number of pyridine rings is 1. The number of sulfonamides is 1. The van der Waals surface area contributed by atoms with Crippen molar-refractivity contribution in [3.63, 3.8) is 0 Å². The molecule has 1 fully saturated rings. The maximum atomic E-state index is 12.8. The number of nitrogens with one attached hydrogen (secondary N) is 1. The molecule has 0 unspecified atom stereocenters. The summed E-state index contributed by atoms with van der Waals surface area (Å²) < 4.78 is 27.5. The van der Waals surface area contributed by atoms with Gasteiger partial charge in [0.05, 0.1) is 22.7 Å². The number of hydrogen-bond acceptors (Lipinski definition) is 8. The van der Waals surface area contributed by atoms with Gasteiger partial charge in [-0.3, -0.25) is 9.52 Å². The largest absolute Gasteiger partial charge is 0.507 e. The molecule has 38 heavy (non-hydrogen) atoms. The number of carbonyl (C=O) groups excluding carboxylic acids is 1. The van der Waals surface area contributed by atoms with E-state index in [4.69, 9.17) is 0 Å². The van der Waals surface area contributed by atoms with Gasteiger partial charge in [-0.1, -0.05) is 18.9 Å². The van der Waals surface area contributed by atoms with E-state index in [-0.39, 0.29) is 39.9 Å². The second-order valence-electron chi connectivity index (χ2n) is 8.79. The lowest BCUT2D eigenvalue weighted by atomic mass is 10.0. The summed E-state index contributed by atoms with van der Waals surface area (Å²) in [4.78, 5) is 30.2. The van der Waals surface area contributed by atoms with Gasteiger partial charge in [-0.05, 0) is 61.4 Å². The lowest BCUT2D eigenvalue weighted by Crippen LogP contribution is -2.33. The highest BCUT2D eigenvalue weighted by atomic mass is 32.2. The van der Waals surface area contributed by atoms with Gasteiger partial charge in [-0.25, -0.2) is 18.2 Å². The van der Waals surface area contributed by atoms with Crippen molar-refractivity contribution in [2.24, 2.45) is 10.2 Å². The third-order valence-corrected chi connectivity index (χ3v) is 7.41. The van der Waals surface area contributed by atoms with Crippen LogP contribution in [0.5, 0.6) is 5.75 Å². The Hall–Kier alpha value is -4.32. The molecule has 12 heteroatoms. The minimum atomic E-state index is -3.86. The van der Waals surface area contributed by atoms with Gasteiger partial charge in [-0.2, -0.15) is 10.2 Å². The Kier molecular flexibility index (Phi) is 8.31. The fourth-order valence-electron chi connectivity index (χ4n) is 4.06. The minimum Gasteiger partial charge on any atom is -0.507 e. The molecule has 0 aliphatic carbocycles. The number of aromatic hydroxyl groups is 1. The molecular weight excluding hydrogens is 510 g/mol. The summed E-state index contributed by atoms with van der Waals surface area (Å²) in [5.41, 5.74) is 0.207. The van der Waals surface area contributed by atoms with Gasteiger partial charge in [0.1, 0.15) is 17.1 Å². The number of azo groups is 1. The van der Waals surface area contributed by atoms with E-state index < -0.39 is 21.7 Å². The van der Waals surface area contributed by atoms with E-state index in [1.807, 2.05) is 0 Å². The molecule has 2 heterocycles. The van der Waals surface area contributed by atoms with E-state index in [1.54, 1.807) is 17.0 Å². The lowest BCUT2D eigenvalue weighted by molar-refractivity contribution is -0.130. The zero-order valence-corrected chi connectivity index (χ0v) is 21.3. The van der Waals surface area contributed by atoms with Crippen molar-refractivity contribution in [1.82, 2.24) is 9.88 Å². The molecule has 4 rings (SSSR count). The fraction of sp³-hybridized carbons (Fsp3) is 0.269. The van der Waals surface area contributed by atoms with Crippen LogP contribution in [0.15, 0.2) is 75.9 Å². The van der Waals surface area contributed by atoms with Crippen molar-refractivity contribution in [2.75, 3.05) is 17.8 Å². The predicted molar refractivity (Wildman–Crippen MR) is 139 cm³/mol. The van der Waals surface area contributed by atoms with E-state index in [2.05, 4.69) is 19.9 Å². The van der Waals surface area contributed by atoms with Crippen molar-refractivity contribution < 1.29 is 28.2 Å². The minimum absolute atomic E-state index is 0.00536. The monoisotopic (exact) mass is 537 g/mol. The SMILES string of the molecule is O=C(O)c1cc(N=Nc2ccc(S(=O)(=O)Nc3ccccn3)cc2)cc(CC(=O)N2CCCCCC2)c1O. The molecule has 0 saturated carbocycles. The highest BCUT2D eigenvalue weighted by Gasteiger charge is 2.21. The molecule has 0 bridgehead atoms. The average Bonchev–Trinajstić information content (AvgIpc) is 3.19. The number of rotatable bonds is 8. The molecule has 11 nitrogen and oxygen atoms in total. The number of hydrogen-bond donors (Lipinski definition) is 3. The van der Waals surface area contributed by atoms with Crippen LogP contribution >= 0.6 is 0 Å². The van der Waals surface area contributed by atoms with Gasteiger partial charge in [0.25, 0.3) is 10.0 Å². The maximum absolute atomic E-state index is 12.8. The highest BCUT2D eigenvalue weighted by Crippen LogP contribution is 2.31. The Bertz CT molecular complexity index is 1430. The molecule has 3 N–H and O–H groups in total. The van der Waals surface area contributed by atoms with E-state index >= 15 is 0 Å². The van der Waals surface area contributed by atoms with E-state index in [0.29, 0.717) is 18.8 Å². The van der Waals surface area contributed by atoms with Gasteiger partial charge in [0.15, 0.2) is 0 Å². The number of aromatic nitrogens is 1. The molecule has 0 spiro atoms. The molecular formula is C26H27N5O6S. The topological polar surface area (TPSA) is 162 Å². The summed E-state index contributed by atoms with van der Waals surface area (Å²) >= 11 is 0. The Morgan fingerprint density at radius 3 is 2.26 bits per heavy atom. The van der Waals surface area contributed by atoms with Crippen LogP contribution in [-0.4, -0.2) is 53.5 Å². The number of carboxylic acids is 1. The summed E-state index contributed by atoms with van der Waals surface area (Å²) in [7, 11) is -3.86. The van der Waals surface area contributed by atoms with Gasteiger partial charge < -0.3 is 15.1 Å². The number of likely N-dealkylation sites (tertiary alicyclic amines) is 1. The second-order valence-corrected chi connectivity index (χ2v) is 10.5. The number of benzene rings is 2. The standard InChI is InChI=1S/C26H27N5O6S/c32-24(31-13-5-1-2-6-14-31)16-18-15-20(17-22(25(18)33)26(34)35)29-28-19-8-10-21(11-9-19)38(36,37)30-23-7-3-4-12-27-23/h3-4,7-12,15,17,33H,1-2,5-6,13-14,16H2,(H,27,30)(H,34,35). The van der Waals surface area contributed by atoms with Gasteiger partial charge in [0, 0.05) is 24.8 Å². The Morgan fingerprint density at radius 2 is 1.63 bits per heavy atom. The first-order valence-electron chi connectivity index (χ1n) is 12.1. The van der Waals surface area contributed by atoms with Crippen LogP contribution in [0.2, 0.25) is 0 Å². The quantitative estimate of drug-likeness (QED) is 0.352. The number of carbonyl (C=O) groups is 2. The molecule has 3 aromatic rings. The van der Waals surface area contributed by atoms with Crippen molar-refractivity contribution in [3.8, 4) is 5.75 Å². The second kappa shape index (κ2) is 11.8. The molecule has 1 saturated heterocycles. The van der Waals surface area contributed by atoms with Crippen LogP contribution in [0.3, 0.4) is 0 Å². The molecule has 0 radical (unpaired) electrons. The number of aromatic carboxylic acids is 1. The van der Waals surface area contributed by atoms with Crippen molar-refractivity contribution in [2.45, 2.75) is 37.0 Å². The average molecular weight is 538 g/mol. The Labute approximate surface area is 219 Å². The van der Waals surface area contributed by atoms with E-state index in [1.165, 1.54) is 42.6 Å². The summed E-state index contributed by atoms with van der Waals surface area (Å²) in [6, 6.07) is 13.0. The zero-order chi connectivity index (χ0) is 27.1. The Balaban J connectivity index is 1.52. The molecule has 1 aliphatic rings. The van der Waals surface area contributed by atoms with Crippen molar-refractivity contribution >= 4 is 39.1 Å². The van der Waals surface area contributed by atoms with Crippen LogP contribution in [0, 0.1) is 0 Å². The number of nitrogens with zero attached hydrogens (tertiary/aromatic N) is 4. The van der Waals surface area contributed by atoms with Crippen molar-refractivity contribution in [1.29, 1.82) is 0 Å². The predicted octanol–water partition coefficient (Wildman–Crippen LogP) is 4.65. The fourth-order valence-corrected chi connectivity index (χ4v) is 5.06. The van der Waals surface area contributed by atoms with Crippen LogP contribution in [0.4, 0.5) is 17.2 Å². The third-order valence-electron chi connectivity index (χ3n) is 6.04. The van der Waals surface area contributed by atoms with Crippen LogP contribution in [0.25, 0.3) is 0 Å². The highest BCUT2D eigenvalue weighted by molar-refractivity contribution is 7.92. The van der Waals surface area contributed by atoms with Crippen molar-refractivity contribution in [3.05, 3.63) is 71.9 Å². The van der Waals surface area contributed by atoms with E-state index in [0.717, 1.165) is 31.7 Å². The van der Waals surface area contributed by atoms with Gasteiger partial charge in [-0.15, -0.1) is 0 Å². The molecule has 1 aromatic heterocycles. The number of amides is 1. The van der Waals surface area contributed by atoms with Crippen LogP contribution < -0.4 is 4.72 Å². The van der Waals surface area contributed by atoms with Crippen LogP contribution in [-0.2, 0) is 21.2 Å². The molecule has 2 aromatic carbocycles. The van der Waals surface area contributed by atoms with Gasteiger partial charge >= 0.3 is 5.97 Å². The first kappa shape index (κ1) is 26.7.